The van der Waals surface area contributed by atoms with Crippen LogP contribution in [0.15, 0.2) is 0 Å². The summed E-state index contributed by atoms with van der Waals surface area (Å²) in [5.74, 6) is 2.93. The summed E-state index contributed by atoms with van der Waals surface area (Å²) in [6.07, 6.45) is 1.17. The van der Waals surface area contributed by atoms with Crippen LogP contribution >= 0.6 is 22.6 Å². The van der Waals surface area contributed by atoms with Gasteiger partial charge in [0.1, 0.15) is 0 Å². The van der Waals surface area contributed by atoms with E-state index < -0.39 is 6.09 Å². The number of nitrogens with one attached hydrogen (secondary N) is 1. The van der Waals surface area contributed by atoms with Crippen molar-refractivity contribution in [3.8, 4) is 9.85 Å². The van der Waals surface area contributed by atoms with Gasteiger partial charge in [-0.15, -0.1) is 0 Å². The lowest BCUT2D eigenvalue weighted by Gasteiger charge is -1.94. The predicted octanol–water partition coefficient (Wildman–Crippen LogP) is 1.40. The maximum Gasteiger partial charge on any atom is 0.402 e. The highest BCUT2D eigenvalue weighted by Gasteiger charge is 1.79. The van der Waals surface area contributed by atoms with Crippen LogP contribution in [-0.4, -0.2) is 24.3 Å². The Bertz CT molecular complexity index is 171. The van der Waals surface area contributed by atoms with Crippen molar-refractivity contribution in [1.82, 2.24) is 5.32 Å². The summed E-state index contributed by atoms with van der Waals surface area (Å²) < 4.78 is 2.80. The molecule has 0 aliphatic rings. The van der Waals surface area contributed by atoms with Gasteiger partial charge >= 0.3 is 6.09 Å². The van der Waals surface area contributed by atoms with Crippen LogP contribution in [0.2, 0.25) is 0 Å². The lowest BCUT2D eigenvalue weighted by Crippen LogP contribution is -2.14. The van der Waals surface area contributed by atoms with Gasteiger partial charge in [0.15, 0.2) is 0 Å². The molecule has 0 rings (SSSR count). The third kappa shape index (κ3) is 34.3. The Balaban J connectivity index is 0. The summed E-state index contributed by atoms with van der Waals surface area (Å²) in [5.41, 5.74) is 4.03. The number of amides is 1. The molecule has 13 heavy (non-hydrogen) atoms. The predicted molar refractivity (Wildman–Crippen MR) is 61.8 cm³/mol. The monoisotopic (exact) mass is 298 g/mol. The van der Waals surface area contributed by atoms with Crippen LogP contribution in [0.5, 0.6) is 0 Å². The maximum atomic E-state index is 8.78. The minimum absolute atomic E-state index is 0.836. The molecule has 1 amide bonds. The Labute approximate surface area is 92.4 Å². The van der Waals surface area contributed by atoms with Gasteiger partial charge in [0.25, 0.3) is 0 Å². The van der Waals surface area contributed by atoms with E-state index in [-0.39, 0.29) is 0 Å². The van der Waals surface area contributed by atoms with Gasteiger partial charge in [-0.1, -0.05) is 19.3 Å². The summed E-state index contributed by atoms with van der Waals surface area (Å²) >= 11 is 2.05. The first-order chi connectivity index (χ1) is 6.15. The minimum atomic E-state index is -1.33. The highest BCUT2D eigenvalue weighted by molar-refractivity contribution is 14.1. The summed E-state index contributed by atoms with van der Waals surface area (Å²) in [7, 11) is 0. The van der Waals surface area contributed by atoms with Gasteiger partial charge in [-0.2, -0.15) is 0 Å². The first-order valence-electron chi connectivity index (χ1n) is 3.92. The lowest BCUT2D eigenvalue weighted by atomic mass is 10.3. The molecule has 76 valence electrons. The number of primary amides is 1. The van der Waals surface area contributed by atoms with Crippen molar-refractivity contribution in [1.29, 1.82) is 0 Å². The zero-order chi connectivity index (χ0) is 10.5. The Hall–Kier alpha value is -0.480. The SMILES string of the molecule is CCCCNCC#CI.NC(=O)O. The van der Waals surface area contributed by atoms with Gasteiger partial charge in [0, 0.05) is 22.6 Å². The fraction of sp³-hybridized carbons (Fsp3) is 0.625. The van der Waals surface area contributed by atoms with E-state index in [1.807, 2.05) is 22.6 Å². The Morgan fingerprint density at radius 2 is 2.23 bits per heavy atom. The van der Waals surface area contributed by atoms with Crippen molar-refractivity contribution in [3.63, 3.8) is 0 Å². The summed E-state index contributed by atoms with van der Waals surface area (Å²) in [6, 6.07) is 0. The molecule has 4 nitrogen and oxygen atoms in total. The second kappa shape index (κ2) is 14.1. The van der Waals surface area contributed by atoms with Crippen LogP contribution in [0.3, 0.4) is 0 Å². The van der Waals surface area contributed by atoms with E-state index in [0.29, 0.717) is 0 Å². The molecular weight excluding hydrogens is 283 g/mol. The normalized spacial score (nSPS) is 7.54. The van der Waals surface area contributed by atoms with Crippen molar-refractivity contribution in [3.05, 3.63) is 0 Å². The highest BCUT2D eigenvalue weighted by atomic mass is 127. The summed E-state index contributed by atoms with van der Waals surface area (Å²) in [4.78, 5) is 8.78. The summed E-state index contributed by atoms with van der Waals surface area (Å²) in [5, 5.41) is 10.4. The third-order valence-electron chi connectivity index (χ3n) is 0.987. The zero-order valence-electron chi connectivity index (χ0n) is 7.64. The van der Waals surface area contributed by atoms with Crippen LogP contribution in [0.1, 0.15) is 19.8 Å². The van der Waals surface area contributed by atoms with E-state index in [1.54, 1.807) is 0 Å². The average molecular weight is 298 g/mol. The summed E-state index contributed by atoms with van der Waals surface area (Å²) in [6.45, 7) is 4.12. The first-order valence-corrected chi connectivity index (χ1v) is 5.00. The van der Waals surface area contributed by atoms with Crippen molar-refractivity contribution < 1.29 is 9.90 Å². The molecule has 0 aliphatic carbocycles. The second-order valence-electron chi connectivity index (χ2n) is 2.14. The molecule has 0 saturated heterocycles. The van der Waals surface area contributed by atoms with Crippen LogP contribution in [-0.2, 0) is 0 Å². The van der Waals surface area contributed by atoms with Gasteiger partial charge in [0.2, 0.25) is 0 Å². The minimum Gasteiger partial charge on any atom is -0.465 e. The standard InChI is InChI=1S/C7H12IN.CH3NO2/c1-2-3-6-9-7-4-5-8;2-1(3)4/h9H,2-3,6-7H2,1H3;2H2,(H,3,4). The van der Waals surface area contributed by atoms with Crippen molar-refractivity contribution in [2.45, 2.75) is 19.8 Å². The molecular formula is C8H15IN2O2. The van der Waals surface area contributed by atoms with Crippen LogP contribution in [0.4, 0.5) is 4.79 Å². The number of carboxylic acid groups (broad SMARTS) is 1. The molecule has 4 N–H and O–H groups in total. The third-order valence-corrected chi connectivity index (χ3v) is 1.37. The molecule has 0 aromatic heterocycles. The van der Waals surface area contributed by atoms with Crippen LogP contribution < -0.4 is 11.1 Å². The quantitative estimate of drug-likeness (QED) is 0.417. The molecule has 0 atom stereocenters. The van der Waals surface area contributed by atoms with E-state index >= 15 is 0 Å². The zero-order valence-corrected chi connectivity index (χ0v) is 9.80. The molecule has 0 heterocycles. The highest BCUT2D eigenvalue weighted by Crippen LogP contribution is 1.80. The van der Waals surface area contributed by atoms with Crippen LogP contribution in [0.25, 0.3) is 0 Å². The average Bonchev–Trinajstić information content (AvgIpc) is 2.03. The number of halogens is 1. The number of rotatable bonds is 4. The van der Waals surface area contributed by atoms with Crippen molar-refractivity contribution in [2.24, 2.45) is 5.73 Å². The van der Waals surface area contributed by atoms with E-state index in [9.17, 15) is 0 Å². The molecule has 0 aliphatic heterocycles. The molecule has 0 aromatic carbocycles. The number of unbranched alkanes of at least 4 members (excludes halogenated alkanes) is 1. The number of nitrogens with two attached hydrogens (primary N) is 1. The Morgan fingerprint density at radius 3 is 2.62 bits per heavy atom. The fourth-order valence-corrected chi connectivity index (χ4v) is 0.677. The van der Waals surface area contributed by atoms with E-state index in [2.05, 4.69) is 27.8 Å². The van der Waals surface area contributed by atoms with Crippen molar-refractivity contribution >= 4 is 28.7 Å². The van der Waals surface area contributed by atoms with Gasteiger partial charge in [-0.05, 0) is 16.9 Å². The second-order valence-corrected chi connectivity index (χ2v) is 2.68. The topological polar surface area (TPSA) is 75.3 Å². The Kier molecular flexibility index (Phi) is 16.2. The van der Waals surface area contributed by atoms with E-state index in [4.69, 9.17) is 9.90 Å². The number of carbonyl (C=O) groups is 1. The smallest absolute Gasteiger partial charge is 0.402 e. The molecule has 0 radical (unpaired) electrons. The number of hydrogen-bond acceptors (Lipinski definition) is 2. The Morgan fingerprint density at radius 1 is 1.69 bits per heavy atom. The fourth-order valence-electron chi connectivity index (χ4n) is 0.486. The van der Waals surface area contributed by atoms with Gasteiger partial charge in [0.05, 0.1) is 6.54 Å². The molecule has 0 fully saturated rings. The van der Waals surface area contributed by atoms with E-state index in [0.717, 1.165) is 13.1 Å². The van der Waals surface area contributed by atoms with Gasteiger partial charge < -0.3 is 16.2 Å². The van der Waals surface area contributed by atoms with Crippen LogP contribution in [0, 0.1) is 9.85 Å². The molecule has 5 heteroatoms. The van der Waals surface area contributed by atoms with E-state index in [1.165, 1.54) is 12.8 Å². The molecule has 0 saturated carbocycles. The maximum absolute atomic E-state index is 8.78. The molecule has 0 bridgehead atoms. The molecule has 0 aromatic rings. The van der Waals surface area contributed by atoms with Gasteiger partial charge in [-0.3, -0.25) is 0 Å². The number of hydrogen-bond donors (Lipinski definition) is 3. The molecule has 0 spiro atoms. The molecule has 0 unspecified atom stereocenters. The van der Waals surface area contributed by atoms with Crippen molar-refractivity contribution in [2.75, 3.05) is 13.1 Å². The lowest BCUT2D eigenvalue weighted by molar-refractivity contribution is 0.205. The first kappa shape index (κ1) is 15.0. The largest absolute Gasteiger partial charge is 0.465 e. The van der Waals surface area contributed by atoms with Gasteiger partial charge in [-0.25, -0.2) is 4.79 Å².